The topological polar surface area (TPSA) is 87.5 Å². The molecule has 1 aliphatic rings. The molecular formula is C11H23ClN4O2. The molecule has 0 radical (unpaired) electrons. The van der Waals surface area contributed by atoms with Gasteiger partial charge in [-0.15, -0.1) is 12.4 Å². The van der Waals surface area contributed by atoms with Crippen LogP contribution in [0.2, 0.25) is 0 Å². The van der Waals surface area contributed by atoms with Crippen molar-refractivity contribution in [2.45, 2.75) is 31.7 Å². The number of carbonyl (C=O) groups is 2. The van der Waals surface area contributed by atoms with Gasteiger partial charge in [0.1, 0.15) is 0 Å². The monoisotopic (exact) mass is 278 g/mol. The molecule has 0 aromatic carbocycles. The molecule has 1 aliphatic heterocycles. The van der Waals surface area contributed by atoms with Gasteiger partial charge in [-0.3, -0.25) is 4.79 Å². The van der Waals surface area contributed by atoms with Crippen molar-refractivity contribution in [3.63, 3.8) is 0 Å². The summed E-state index contributed by atoms with van der Waals surface area (Å²) in [5, 5.41) is 5.55. The lowest BCUT2D eigenvalue weighted by Gasteiger charge is -2.35. The highest BCUT2D eigenvalue weighted by Gasteiger charge is 2.26. The van der Waals surface area contributed by atoms with Crippen molar-refractivity contribution in [1.29, 1.82) is 0 Å². The third-order valence-corrected chi connectivity index (χ3v) is 3.05. The van der Waals surface area contributed by atoms with Crippen LogP contribution in [0.4, 0.5) is 4.79 Å². The molecule has 1 rings (SSSR count). The highest BCUT2D eigenvalue weighted by molar-refractivity contribution is 5.85. The Bertz CT molecular complexity index is 276. The van der Waals surface area contributed by atoms with Gasteiger partial charge in [0.2, 0.25) is 5.91 Å². The zero-order chi connectivity index (χ0) is 12.7. The molecule has 7 heteroatoms. The van der Waals surface area contributed by atoms with Gasteiger partial charge in [0.15, 0.2) is 0 Å². The first kappa shape index (κ1) is 17.0. The molecule has 106 valence electrons. The summed E-state index contributed by atoms with van der Waals surface area (Å²) in [4.78, 5) is 24.5. The third-order valence-electron chi connectivity index (χ3n) is 3.05. The standard InChI is InChI=1S/C11H22N4O2.ClH/c1-13-6-5-10(16)15-7-3-2-4-9(15)8-14-11(12)17;/h9,13H,2-8H2,1H3,(H3,12,14,17);1H. The minimum atomic E-state index is -0.529. The molecule has 0 aliphatic carbocycles. The first-order valence-electron chi connectivity index (χ1n) is 6.12. The molecule has 0 saturated carbocycles. The second-order valence-electron chi connectivity index (χ2n) is 4.34. The molecule has 1 atom stereocenters. The summed E-state index contributed by atoms with van der Waals surface area (Å²) in [6.45, 7) is 1.93. The molecule has 1 fully saturated rings. The number of rotatable bonds is 5. The van der Waals surface area contributed by atoms with Gasteiger partial charge in [0, 0.05) is 32.1 Å². The normalized spacial score (nSPS) is 18.9. The molecule has 0 aromatic rings. The number of likely N-dealkylation sites (tertiary alicyclic amines) is 1. The van der Waals surface area contributed by atoms with Crippen LogP contribution in [0.1, 0.15) is 25.7 Å². The minimum absolute atomic E-state index is 0. The van der Waals surface area contributed by atoms with Crippen LogP contribution < -0.4 is 16.4 Å². The molecule has 1 unspecified atom stereocenters. The fourth-order valence-corrected chi connectivity index (χ4v) is 2.14. The molecule has 0 bridgehead atoms. The zero-order valence-corrected chi connectivity index (χ0v) is 11.6. The van der Waals surface area contributed by atoms with E-state index in [0.717, 1.165) is 25.8 Å². The lowest BCUT2D eigenvalue weighted by Crippen LogP contribution is -2.50. The number of piperidine rings is 1. The van der Waals surface area contributed by atoms with Crippen LogP contribution in [0.15, 0.2) is 0 Å². The van der Waals surface area contributed by atoms with Crippen molar-refractivity contribution in [2.24, 2.45) is 5.73 Å². The van der Waals surface area contributed by atoms with Gasteiger partial charge in [-0.05, 0) is 26.3 Å². The van der Waals surface area contributed by atoms with Crippen molar-refractivity contribution < 1.29 is 9.59 Å². The molecular weight excluding hydrogens is 256 g/mol. The van der Waals surface area contributed by atoms with E-state index < -0.39 is 6.03 Å². The number of nitrogens with zero attached hydrogens (tertiary/aromatic N) is 1. The van der Waals surface area contributed by atoms with E-state index >= 15 is 0 Å². The first-order chi connectivity index (χ1) is 8.15. The maximum Gasteiger partial charge on any atom is 0.312 e. The Balaban J connectivity index is 0.00000289. The number of nitrogens with two attached hydrogens (primary N) is 1. The molecule has 0 aromatic heterocycles. The first-order valence-corrected chi connectivity index (χ1v) is 6.12. The number of carbonyl (C=O) groups excluding carboxylic acids is 2. The highest BCUT2D eigenvalue weighted by Crippen LogP contribution is 2.17. The van der Waals surface area contributed by atoms with Crippen LogP contribution in [0.5, 0.6) is 0 Å². The van der Waals surface area contributed by atoms with Gasteiger partial charge >= 0.3 is 6.03 Å². The SMILES string of the molecule is CNCCC(=O)N1CCCCC1CNC(N)=O.Cl. The fourth-order valence-electron chi connectivity index (χ4n) is 2.14. The second-order valence-corrected chi connectivity index (χ2v) is 4.34. The molecule has 3 amide bonds. The summed E-state index contributed by atoms with van der Waals surface area (Å²) in [7, 11) is 1.83. The summed E-state index contributed by atoms with van der Waals surface area (Å²) in [5.41, 5.74) is 5.05. The van der Waals surface area contributed by atoms with Crippen LogP contribution in [0.25, 0.3) is 0 Å². The number of hydrogen-bond acceptors (Lipinski definition) is 3. The number of primary amides is 1. The predicted molar refractivity (Wildman–Crippen MR) is 72.7 cm³/mol. The molecule has 1 heterocycles. The van der Waals surface area contributed by atoms with Crippen LogP contribution in [-0.4, -0.2) is 49.6 Å². The Labute approximate surface area is 114 Å². The minimum Gasteiger partial charge on any atom is -0.352 e. The van der Waals surface area contributed by atoms with Gasteiger partial charge in [-0.1, -0.05) is 0 Å². The quantitative estimate of drug-likeness (QED) is 0.665. The third kappa shape index (κ3) is 5.55. The Hall–Kier alpha value is -1.01. The van der Waals surface area contributed by atoms with Gasteiger partial charge in [0.05, 0.1) is 0 Å². The number of amides is 3. The lowest BCUT2D eigenvalue weighted by atomic mass is 10.0. The van der Waals surface area contributed by atoms with Crippen LogP contribution in [0.3, 0.4) is 0 Å². The summed E-state index contributed by atoms with van der Waals surface area (Å²) in [6, 6.07) is -0.432. The fraction of sp³-hybridized carbons (Fsp3) is 0.818. The van der Waals surface area contributed by atoms with E-state index in [4.69, 9.17) is 5.73 Å². The van der Waals surface area contributed by atoms with E-state index in [2.05, 4.69) is 10.6 Å². The highest BCUT2D eigenvalue weighted by atomic mass is 35.5. The van der Waals surface area contributed by atoms with Gasteiger partial charge in [-0.2, -0.15) is 0 Å². The lowest BCUT2D eigenvalue weighted by molar-refractivity contribution is -0.134. The van der Waals surface area contributed by atoms with E-state index in [-0.39, 0.29) is 24.4 Å². The smallest absolute Gasteiger partial charge is 0.312 e. The van der Waals surface area contributed by atoms with Gasteiger partial charge in [0.25, 0.3) is 0 Å². The largest absolute Gasteiger partial charge is 0.352 e. The van der Waals surface area contributed by atoms with Crippen LogP contribution in [-0.2, 0) is 4.79 Å². The van der Waals surface area contributed by atoms with Crippen molar-refractivity contribution in [2.75, 3.05) is 26.7 Å². The van der Waals surface area contributed by atoms with E-state index in [9.17, 15) is 9.59 Å². The van der Waals surface area contributed by atoms with Gasteiger partial charge < -0.3 is 21.3 Å². The summed E-state index contributed by atoms with van der Waals surface area (Å²) >= 11 is 0. The van der Waals surface area contributed by atoms with Crippen molar-refractivity contribution in [3.8, 4) is 0 Å². The average Bonchev–Trinajstić information content (AvgIpc) is 2.33. The summed E-state index contributed by atoms with van der Waals surface area (Å²) in [5.74, 6) is 0.148. The second kappa shape index (κ2) is 8.99. The van der Waals surface area contributed by atoms with E-state index in [1.54, 1.807) is 0 Å². The van der Waals surface area contributed by atoms with Crippen molar-refractivity contribution in [3.05, 3.63) is 0 Å². The molecule has 6 nitrogen and oxygen atoms in total. The van der Waals surface area contributed by atoms with E-state index in [1.807, 2.05) is 11.9 Å². The summed E-state index contributed by atoms with van der Waals surface area (Å²) in [6.07, 6.45) is 3.58. The predicted octanol–water partition coefficient (Wildman–Crippen LogP) is 0.0671. The molecule has 4 N–H and O–H groups in total. The Morgan fingerprint density at radius 3 is 2.72 bits per heavy atom. The maximum absolute atomic E-state index is 12.0. The molecule has 18 heavy (non-hydrogen) atoms. The Morgan fingerprint density at radius 1 is 1.39 bits per heavy atom. The Kier molecular flexibility index (Phi) is 8.49. The number of hydrogen-bond donors (Lipinski definition) is 3. The van der Waals surface area contributed by atoms with Gasteiger partial charge in [-0.25, -0.2) is 4.79 Å². The van der Waals surface area contributed by atoms with E-state index in [0.29, 0.717) is 19.5 Å². The van der Waals surface area contributed by atoms with Crippen molar-refractivity contribution in [1.82, 2.24) is 15.5 Å². The zero-order valence-electron chi connectivity index (χ0n) is 10.8. The number of nitrogens with one attached hydrogen (secondary N) is 2. The Morgan fingerprint density at radius 2 is 2.11 bits per heavy atom. The average molecular weight is 279 g/mol. The maximum atomic E-state index is 12.0. The molecule has 0 spiro atoms. The number of halogens is 1. The number of urea groups is 1. The molecule has 1 saturated heterocycles. The van der Waals surface area contributed by atoms with E-state index in [1.165, 1.54) is 0 Å². The van der Waals surface area contributed by atoms with Crippen LogP contribution >= 0.6 is 12.4 Å². The van der Waals surface area contributed by atoms with Crippen molar-refractivity contribution >= 4 is 24.3 Å². The van der Waals surface area contributed by atoms with Crippen LogP contribution in [0, 0.1) is 0 Å². The summed E-state index contributed by atoms with van der Waals surface area (Å²) < 4.78 is 0.